The van der Waals surface area contributed by atoms with Gasteiger partial charge in [0.25, 0.3) is 5.56 Å². The van der Waals surface area contributed by atoms with Gasteiger partial charge in [-0.05, 0) is 41.5 Å². The van der Waals surface area contributed by atoms with E-state index < -0.39 is 0 Å². The number of hydrogen-bond donors (Lipinski definition) is 1. The van der Waals surface area contributed by atoms with Crippen molar-refractivity contribution in [2.24, 2.45) is 5.41 Å². The first-order valence-electron chi connectivity index (χ1n) is 6.93. The van der Waals surface area contributed by atoms with Gasteiger partial charge in [-0.15, -0.1) is 0 Å². The number of fused-ring (bicyclic) bond motifs is 1. The summed E-state index contributed by atoms with van der Waals surface area (Å²) in [6, 6.07) is 9.84. The van der Waals surface area contributed by atoms with E-state index in [4.69, 9.17) is 0 Å². The van der Waals surface area contributed by atoms with E-state index in [1.54, 1.807) is 0 Å². The predicted octanol–water partition coefficient (Wildman–Crippen LogP) is 3.49. The SMILES string of the molecule is O=c1c2ccccc2ccn1CC1(CS)CCCC1. The highest BCUT2D eigenvalue weighted by Gasteiger charge is 2.33. The molecule has 0 aliphatic heterocycles. The van der Waals surface area contributed by atoms with Crippen LogP contribution in [-0.2, 0) is 6.54 Å². The maximum atomic E-state index is 12.5. The van der Waals surface area contributed by atoms with Crippen molar-refractivity contribution < 1.29 is 0 Å². The van der Waals surface area contributed by atoms with E-state index in [1.807, 2.05) is 41.1 Å². The van der Waals surface area contributed by atoms with Crippen LogP contribution in [-0.4, -0.2) is 10.3 Å². The molecule has 100 valence electrons. The fourth-order valence-corrected chi connectivity index (χ4v) is 3.62. The molecule has 19 heavy (non-hydrogen) atoms. The highest BCUT2D eigenvalue weighted by molar-refractivity contribution is 7.80. The Balaban J connectivity index is 2.01. The van der Waals surface area contributed by atoms with Crippen molar-refractivity contribution >= 4 is 23.4 Å². The molecule has 0 spiro atoms. The standard InChI is InChI=1S/C16H19NOS/c18-15-14-6-2-1-5-13(14)7-10-17(15)11-16(12-19)8-3-4-9-16/h1-2,5-7,10,19H,3-4,8-9,11-12H2. The van der Waals surface area contributed by atoms with Crippen molar-refractivity contribution in [1.82, 2.24) is 4.57 Å². The number of thiol groups is 1. The van der Waals surface area contributed by atoms with Crippen molar-refractivity contribution in [3.63, 3.8) is 0 Å². The molecule has 2 aromatic rings. The van der Waals surface area contributed by atoms with E-state index in [1.165, 1.54) is 25.7 Å². The fraction of sp³-hybridized carbons (Fsp3) is 0.438. The number of pyridine rings is 1. The van der Waals surface area contributed by atoms with Crippen LogP contribution in [0, 0.1) is 5.41 Å². The predicted molar refractivity (Wildman–Crippen MR) is 83.0 cm³/mol. The first-order chi connectivity index (χ1) is 9.24. The quantitative estimate of drug-likeness (QED) is 0.850. The minimum absolute atomic E-state index is 0.131. The van der Waals surface area contributed by atoms with Crippen molar-refractivity contribution in [2.75, 3.05) is 5.75 Å². The molecule has 0 N–H and O–H groups in total. The maximum absolute atomic E-state index is 12.5. The molecule has 0 atom stereocenters. The Morgan fingerprint density at radius 2 is 1.89 bits per heavy atom. The lowest BCUT2D eigenvalue weighted by atomic mass is 9.88. The van der Waals surface area contributed by atoms with E-state index in [0.29, 0.717) is 0 Å². The number of benzene rings is 1. The Labute approximate surface area is 118 Å². The topological polar surface area (TPSA) is 22.0 Å². The van der Waals surface area contributed by atoms with Crippen LogP contribution in [0.2, 0.25) is 0 Å². The van der Waals surface area contributed by atoms with E-state index in [9.17, 15) is 4.79 Å². The summed E-state index contributed by atoms with van der Waals surface area (Å²) in [5, 5.41) is 1.84. The average Bonchev–Trinajstić information content (AvgIpc) is 2.92. The minimum atomic E-state index is 0.131. The molecule has 0 bridgehead atoms. The van der Waals surface area contributed by atoms with Crippen LogP contribution in [0.5, 0.6) is 0 Å². The van der Waals surface area contributed by atoms with E-state index in [0.717, 1.165) is 23.1 Å². The lowest BCUT2D eigenvalue weighted by Gasteiger charge is -2.27. The van der Waals surface area contributed by atoms with Gasteiger partial charge < -0.3 is 4.57 Å². The summed E-state index contributed by atoms with van der Waals surface area (Å²) in [6.07, 6.45) is 6.85. The highest BCUT2D eigenvalue weighted by atomic mass is 32.1. The second-order valence-corrected chi connectivity index (χ2v) is 6.02. The molecule has 3 heteroatoms. The van der Waals surface area contributed by atoms with Gasteiger partial charge >= 0.3 is 0 Å². The molecular formula is C16H19NOS. The van der Waals surface area contributed by atoms with Crippen molar-refractivity contribution in [3.8, 4) is 0 Å². The number of rotatable bonds is 3. The van der Waals surface area contributed by atoms with Crippen molar-refractivity contribution in [3.05, 3.63) is 46.9 Å². The van der Waals surface area contributed by atoms with Gasteiger partial charge in [-0.1, -0.05) is 31.0 Å². The van der Waals surface area contributed by atoms with Gasteiger partial charge in [0.15, 0.2) is 0 Å². The van der Waals surface area contributed by atoms with Crippen LogP contribution < -0.4 is 5.56 Å². The molecular weight excluding hydrogens is 254 g/mol. The molecule has 0 amide bonds. The van der Waals surface area contributed by atoms with Gasteiger partial charge in [0, 0.05) is 18.1 Å². The normalized spacial score (nSPS) is 17.9. The smallest absolute Gasteiger partial charge is 0.258 e. The Morgan fingerprint density at radius 3 is 2.63 bits per heavy atom. The Bertz CT molecular complexity index is 640. The summed E-state index contributed by atoms with van der Waals surface area (Å²) in [4.78, 5) is 12.5. The summed E-state index contributed by atoms with van der Waals surface area (Å²) in [5.41, 5.74) is 0.348. The van der Waals surface area contributed by atoms with Crippen LogP contribution in [0.4, 0.5) is 0 Å². The van der Waals surface area contributed by atoms with Gasteiger partial charge in [-0.3, -0.25) is 4.79 Å². The summed E-state index contributed by atoms with van der Waals surface area (Å²) >= 11 is 4.52. The van der Waals surface area contributed by atoms with Crippen LogP contribution in [0.25, 0.3) is 10.8 Å². The molecule has 1 fully saturated rings. The van der Waals surface area contributed by atoms with Crippen LogP contribution in [0.15, 0.2) is 41.3 Å². The molecule has 0 saturated heterocycles. The summed E-state index contributed by atoms with van der Waals surface area (Å²) in [7, 11) is 0. The lowest BCUT2D eigenvalue weighted by molar-refractivity contribution is 0.287. The highest BCUT2D eigenvalue weighted by Crippen LogP contribution is 2.40. The first-order valence-corrected chi connectivity index (χ1v) is 7.56. The third kappa shape index (κ3) is 2.32. The number of aromatic nitrogens is 1. The number of nitrogens with zero attached hydrogens (tertiary/aromatic N) is 1. The fourth-order valence-electron chi connectivity index (χ4n) is 3.21. The Hall–Kier alpha value is -1.22. The lowest BCUT2D eigenvalue weighted by Crippen LogP contribution is -2.31. The van der Waals surface area contributed by atoms with E-state index in [-0.39, 0.29) is 11.0 Å². The zero-order valence-corrected chi connectivity index (χ0v) is 11.9. The van der Waals surface area contributed by atoms with Gasteiger partial charge in [-0.2, -0.15) is 12.6 Å². The van der Waals surface area contributed by atoms with Gasteiger partial charge in [0.05, 0.1) is 0 Å². The van der Waals surface area contributed by atoms with Crippen molar-refractivity contribution in [1.29, 1.82) is 0 Å². The summed E-state index contributed by atoms with van der Waals surface area (Å²) < 4.78 is 1.88. The molecule has 0 radical (unpaired) electrons. The zero-order valence-electron chi connectivity index (χ0n) is 11.0. The molecule has 0 unspecified atom stereocenters. The second kappa shape index (κ2) is 5.04. The van der Waals surface area contributed by atoms with Crippen LogP contribution in [0.3, 0.4) is 0 Å². The molecule has 1 saturated carbocycles. The van der Waals surface area contributed by atoms with Crippen LogP contribution in [0.1, 0.15) is 25.7 Å². The average molecular weight is 273 g/mol. The van der Waals surface area contributed by atoms with Gasteiger partial charge in [-0.25, -0.2) is 0 Å². The van der Waals surface area contributed by atoms with Gasteiger partial charge in [0.2, 0.25) is 0 Å². The van der Waals surface area contributed by atoms with Crippen molar-refractivity contribution in [2.45, 2.75) is 32.2 Å². The molecule has 1 aliphatic rings. The molecule has 1 aliphatic carbocycles. The van der Waals surface area contributed by atoms with E-state index in [2.05, 4.69) is 12.6 Å². The third-order valence-corrected chi connectivity index (χ3v) is 5.06. The minimum Gasteiger partial charge on any atom is -0.314 e. The Morgan fingerprint density at radius 1 is 1.16 bits per heavy atom. The molecule has 1 aromatic heterocycles. The summed E-state index contributed by atoms with van der Waals surface area (Å²) in [5.74, 6) is 0.867. The summed E-state index contributed by atoms with van der Waals surface area (Å²) in [6.45, 7) is 0.806. The Kier molecular flexibility index (Phi) is 3.40. The molecule has 2 nitrogen and oxygen atoms in total. The molecule has 3 rings (SSSR count). The van der Waals surface area contributed by atoms with Gasteiger partial charge in [0.1, 0.15) is 0 Å². The number of hydrogen-bond acceptors (Lipinski definition) is 2. The zero-order chi connectivity index (χ0) is 13.3. The largest absolute Gasteiger partial charge is 0.314 e. The first kappa shape index (κ1) is 12.8. The molecule has 1 aromatic carbocycles. The molecule has 1 heterocycles. The second-order valence-electron chi connectivity index (χ2n) is 5.70. The maximum Gasteiger partial charge on any atom is 0.258 e. The van der Waals surface area contributed by atoms with Crippen LogP contribution >= 0.6 is 12.6 Å². The monoisotopic (exact) mass is 273 g/mol. The van der Waals surface area contributed by atoms with E-state index >= 15 is 0 Å². The third-order valence-electron chi connectivity index (χ3n) is 4.39.